The molecular formula is C9H12BrN3O2. The number of rotatable bonds is 4. The Morgan fingerprint density at radius 1 is 1.67 bits per heavy atom. The van der Waals surface area contributed by atoms with Gasteiger partial charge in [0, 0.05) is 11.8 Å². The van der Waals surface area contributed by atoms with E-state index in [1.807, 2.05) is 18.2 Å². The van der Waals surface area contributed by atoms with Gasteiger partial charge in [0.25, 0.3) is 0 Å². The summed E-state index contributed by atoms with van der Waals surface area (Å²) >= 11 is 3.34. The van der Waals surface area contributed by atoms with Crippen LogP contribution < -0.4 is 15.8 Å². The molecule has 0 bridgehead atoms. The number of oxime groups is 1. The topological polar surface area (TPSA) is 79.9 Å². The molecule has 82 valence electrons. The Morgan fingerprint density at radius 3 is 3.00 bits per heavy atom. The molecule has 0 spiro atoms. The Morgan fingerprint density at radius 2 is 2.40 bits per heavy atom. The monoisotopic (exact) mass is 273 g/mol. The van der Waals surface area contributed by atoms with Crippen LogP contribution in [-0.4, -0.2) is 24.7 Å². The van der Waals surface area contributed by atoms with Crippen LogP contribution in [0.15, 0.2) is 27.8 Å². The minimum atomic E-state index is 0.122. The molecule has 4 N–H and O–H groups in total. The fraction of sp³-hybridized carbons (Fsp3) is 0.222. The molecule has 1 rings (SSSR count). The van der Waals surface area contributed by atoms with Gasteiger partial charge in [-0.1, -0.05) is 5.16 Å². The summed E-state index contributed by atoms with van der Waals surface area (Å²) in [5.74, 6) is 0.844. The van der Waals surface area contributed by atoms with Crippen molar-refractivity contribution in [2.24, 2.45) is 10.9 Å². The number of anilines is 1. The quantitative estimate of drug-likeness (QED) is 0.337. The number of nitrogens with zero attached hydrogens (tertiary/aromatic N) is 1. The third-order valence-corrected chi connectivity index (χ3v) is 2.41. The smallest absolute Gasteiger partial charge is 0.158 e. The molecule has 0 amide bonds. The standard InChI is InChI=1S/C9H12BrN3O2/c1-15-8-4-6(2-3-7(8)10)12-5-9(11)13-14/h2-4,12,14H,5H2,1H3,(H2,11,13). The molecule has 0 aliphatic carbocycles. The summed E-state index contributed by atoms with van der Waals surface area (Å²) in [7, 11) is 1.59. The van der Waals surface area contributed by atoms with Crippen LogP contribution in [0.3, 0.4) is 0 Å². The second kappa shape index (κ2) is 5.45. The molecule has 6 heteroatoms. The minimum Gasteiger partial charge on any atom is -0.495 e. The summed E-state index contributed by atoms with van der Waals surface area (Å²) in [6, 6.07) is 5.53. The van der Waals surface area contributed by atoms with Crippen LogP contribution in [0, 0.1) is 0 Å². The molecule has 1 aromatic carbocycles. The number of halogens is 1. The van der Waals surface area contributed by atoms with Crippen molar-refractivity contribution >= 4 is 27.5 Å². The molecule has 0 atom stereocenters. The number of nitrogens with two attached hydrogens (primary N) is 1. The number of hydrogen-bond acceptors (Lipinski definition) is 4. The fourth-order valence-electron chi connectivity index (χ4n) is 0.998. The molecule has 0 radical (unpaired) electrons. The summed E-state index contributed by atoms with van der Waals surface area (Å²) in [5.41, 5.74) is 6.15. The van der Waals surface area contributed by atoms with E-state index in [0.717, 1.165) is 15.9 Å². The summed E-state index contributed by atoms with van der Waals surface area (Å²) in [5, 5.41) is 14.2. The molecule has 0 heterocycles. The Bertz CT molecular complexity index is 368. The Balaban J connectivity index is 2.70. The lowest BCUT2D eigenvalue weighted by atomic mass is 10.3. The predicted molar refractivity (Wildman–Crippen MR) is 62.6 cm³/mol. The zero-order valence-corrected chi connectivity index (χ0v) is 9.78. The Kier molecular flexibility index (Phi) is 4.23. The highest BCUT2D eigenvalue weighted by atomic mass is 79.9. The minimum absolute atomic E-state index is 0.122. The van der Waals surface area contributed by atoms with E-state index in [2.05, 4.69) is 26.4 Å². The average Bonchev–Trinajstić information content (AvgIpc) is 2.27. The van der Waals surface area contributed by atoms with Gasteiger partial charge in [0.2, 0.25) is 0 Å². The van der Waals surface area contributed by atoms with Gasteiger partial charge in [-0.05, 0) is 28.1 Å². The summed E-state index contributed by atoms with van der Waals surface area (Å²) in [6.45, 7) is 0.279. The number of benzene rings is 1. The lowest BCUT2D eigenvalue weighted by Crippen LogP contribution is -2.22. The first-order valence-electron chi connectivity index (χ1n) is 4.21. The van der Waals surface area contributed by atoms with Crippen molar-refractivity contribution in [3.8, 4) is 5.75 Å². The van der Waals surface area contributed by atoms with Crippen LogP contribution in [0.25, 0.3) is 0 Å². The second-order valence-electron chi connectivity index (χ2n) is 2.79. The zero-order valence-electron chi connectivity index (χ0n) is 8.20. The van der Waals surface area contributed by atoms with Crippen LogP contribution in [0.2, 0.25) is 0 Å². The molecule has 0 fully saturated rings. The number of amidine groups is 1. The van der Waals surface area contributed by atoms with Crippen LogP contribution >= 0.6 is 15.9 Å². The molecule has 0 saturated carbocycles. The second-order valence-corrected chi connectivity index (χ2v) is 3.65. The lowest BCUT2D eigenvalue weighted by Gasteiger charge is -2.08. The summed E-state index contributed by atoms with van der Waals surface area (Å²) < 4.78 is 6.00. The van der Waals surface area contributed by atoms with Gasteiger partial charge in [-0.15, -0.1) is 0 Å². The van der Waals surface area contributed by atoms with Gasteiger partial charge < -0.3 is 21.0 Å². The lowest BCUT2D eigenvalue weighted by molar-refractivity contribution is 0.317. The maximum atomic E-state index is 8.35. The summed E-state index contributed by atoms with van der Waals surface area (Å²) in [4.78, 5) is 0. The fourth-order valence-corrected chi connectivity index (χ4v) is 1.41. The predicted octanol–water partition coefficient (Wildman–Crippen LogP) is 1.62. The molecule has 0 aliphatic rings. The van der Waals surface area contributed by atoms with E-state index in [1.54, 1.807) is 7.11 Å². The normalized spacial score (nSPS) is 11.2. The van der Waals surface area contributed by atoms with E-state index in [1.165, 1.54) is 0 Å². The zero-order chi connectivity index (χ0) is 11.3. The Hall–Kier alpha value is -1.43. The van der Waals surface area contributed by atoms with Gasteiger partial charge in [-0.25, -0.2) is 0 Å². The van der Waals surface area contributed by atoms with Crippen molar-refractivity contribution in [1.29, 1.82) is 0 Å². The maximum Gasteiger partial charge on any atom is 0.158 e. The molecule has 1 aromatic rings. The number of methoxy groups -OCH3 is 1. The first-order chi connectivity index (χ1) is 7.17. The molecular weight excluding hydrogens is 262 g/mol. The van der Waals surface area contributed by atoms with E-state index in [0.29, 0.717) is 0 Å². The van der Waals surface area contributed by atoms with Crippen molar-refractivity contribution in [2.75, 3.05) is 19.0 Å². The number of nitrogens with one attached hydrogen (secondary N) is 1. The number of hydrogen-bond donors (Lipinski definition) is 3. The van der Waals surface area contributed by atoms with E-state index < -0.39 is 0 Å². The highest BCUT2D eigenvalue weighted by Gasteiger charge is 2.01. The SMILES string of the molecule is COc1cc(NC/C(N)=N/O)ccc1Br. The first kappa shape index (κ1) is 11.6. The molecule has 0 saturated heterocycles. The van der Waals surface area contributed by atoms with Gasteiger partial charge in [0.05, 0.1) is 18.1 Å². The largest absolute Gasteiger partial charge is 0.495 e. The highest BCUT2D eigenvalue weighted by molar-refractivity contribution is 9.10. The van der Waals surface area contributed by atoms with Gasteiger partial charge in [-0.3, -0.25) is 0 Å². The Labute approximate surface area is 96.0 Å². The molecule has 0 aromatic heterocycles. The van der Waals surface area contributed by atoms with Crippen molar-refractivity contribution in [1.82, 2.24) is 0 Å². The molecule has 0 aliphatic heterocycles. The van der Waals surface area contributed by atoms with Crippen molar-refractivity contribution in [2.45, 2.75) is 0 Å². The van der Waals surface area contributed by atoms with Crippen molar-refractivity contribution in [3.05, 3.63) is 22.7 Å². The molecule has 15 heavy (non-hydrogen) atoms. The van der Waals surface area contributed by atoms with Crippen LogP contribution in [-0.2, 0) is 0 Å². The summed E-state index contributed by atoms with van der Waals surface area (Å²) in [6.07, 6.45) is 0. The van der Waals surface area contributed by atoms with Crippen LogP contribution in [0.5, 0.6) is 5.75 Å². The number of ether oxygens (including phenoxy) is 1. The van der Waals surface area contributed by atoms with E-state index in [-0.39, 0.29) is 12.4 Å². The first-order valence-corrected chi connectivity index (χ1v) is 5.00. The molecule has 0 unspecified atom stereocenters. The van der Waals surface area contributed by atoms with E-state index in [9.17, 15) is 0 Å². The van der Waals surface area contributed by atoms with Gasteiger partial charge in [0.15, 0.2) is 5.84 Å². The van der Waals surface area contributed by atoms with Gasteiger partial charge >= 0.3 is 0 Å². The average molecular weight is 274 g/mol. The van der Waals surface area contributed by atoms with Crippen LogP contribution in [0.4, 0.5) is 5.69 Å². The molecule has 5 nitrogen and oxygen atoms in total. The maximum absolute atomic E-state index is 8.35. The highest BCUT2D eigenvalue weighted by Crippen LogP contribution is 2.27. The van der Waals surface area contributed by atoms with Gasteiger partial charge in [-0.2, -0.15) is 0 Å². The van der Waals surface area contributed by atoms with E-state index >= 15 is 0 Å². The van der Waals surface area contributed by atoms with Crippen molar-refractivity contribution in [3.63, 3.8) is 0 Å². The third-order valence-electron chi connectivity index (χ3n) is 1.75. The third kappa shape index (κ3) is 3.32. The van der Waals surface area contributed by atoms with E-state index in [4.69, 9.17) is 15.7 Å². The van der Waals surface area contributed by atoms with Crippen molar-refractivity contribution < 1.29 is 9.94 Å². The van der Waals surface area contributed by atoms with Crippen LogP contribution in [0.1, 0.15) is 0 Å². The van der Waals surface area contributed by atoms with Gasteiger partial charge in [0.1, 0.15) is 5.75 Å².